The van der Waals surface area contributed by atoms with E-state index < -0.39 is 0 Å². The molecule has 2 rings (SSSR count). The zero-order valence-corrected chi connectivity index (χ0v) is 12.6. The van der Waals surface area contributed by atoms with Gasteiger partial charge in [0.1, 0.15) is 0 Å². The molecule has 0 aliphatic heterocycles. The number of amides is 1. The Kier molecular flexibility index (Phi) is 5.34. The van der Waals surface area contributed by atoms with Crippen molar-refractivity contribution in [1.82, 2.24) is 10.3 Å². The van der Waals surface area contributed by atoms with E-state index >= 15 is 0 Å². The lowest BCUT2D eigenvalue weighted by molar-refractivity contribution is -0.116. The van der Waals surface area contributed by atoms with Gasteiger partial charge in [0.15, 0.2) is 5.13 Å². The number of nitrogens with zero attached hydrogens (tertiary/aromatic N) is 2. The molecule has 0 saturated heterocycles. The van der Waals surface area contributed by atoms with Gasteiger partial charge in [-0.3, -0.25) is 9.69 Å². The predicted molar refractivity (Wildman–Crippen MR) is 79.5 cm³/mol. The van der Waals surface area contributed by atoms with Crippen LogP contribution in [0.3, 0.4) is 0 Å². The summed E-state index contributed by atoms with van der Waals surface area (Å²) >= 11 is 1.55. The van der Waals surface area contributed by atoms with E-state index in [1.54, 1.807) is 23.2 Å². The third-order valence-corrected chi connectivity index (χ3v) is 4.59. The average Bonchev–Trinajstić information content (AvgIpc) is 3.02. The first kappa shape index (κ1) is 14.5. The van der Waals surface area contributed by atoms with E-state index in [0.717, 1.165) is 29.8 Å². The van der Waals surface area contributed by atoms with Crippen molar-refractivity contribution < 1.29 is 4.79 Å². The van der Waals surface area contributed by atoms with Crippen LogP contribution in [-0.2, 0) is 11.3 Å². The molecule has 1 N–H and O–H groups in total. The standard InChI is InChI=1S/C14H23N3OS/c1-3-17(11(2)18)14-16-13(10-19-14)9-15-8-12-6-4-5-7-12/h10,12,15H,3-9H2,1-2H3. The SMILES string of the molecule is CCN(C(C)=O)c1nc(CNCC2CCCC2)cs1. The average molecular weight is 281 g/mol. The van der Waals surface area contributed by atoms with Gasteiger partial charge < -0.3 is 5.32 Å². The normalized spacial score (nSPS) is 15.9. The van der Waals surface area contributed by atoms with Crippen LogP contribution in [0.1, 0.15) is 45.2 Å². The molecule has 0 bridgehead atoms. The molecule has 0 spiro atoms. The third-order valence-electron chi connectivity index (χ3n) is 3.68. The highest BCUT2D eigenvalue weighted by atomic mass is 32.1. The molecule has 0 atom stereocenters. The molecule has 1 aliphatic rings. The number of hydrogen-bond acceptors (Lipinski definition) is 4. The highest BCUT2D eigenvalue weighted by Crippen LogP contribution is 2.24. The number of nitrogens with one attached hydrogen (secondary N) is 1. The topological polar surface area (TPSA) is 45.2 Å². The monoisotopic (exact) mass is 281 g/mol. The molecule has 1 aromatic heterocycles. The number of thiazole rings is 1. The van der Waals surface area contributed by atoms with Crippen molar-refractivity contribution in [3.8, 4) is 0 Å². The van der Waals surface area contributed by atoms with Gasteiger partial charge in [0.05, 0.1) is 5.69 Å². The van der Waals surface area contributed by atoms with E-state index in [1.165, 1.54) is 25.7 Å². The molecular formula is C14H23N3OS. The summed E-state index contributed by atoms with van der Waals surface area (Å²) in [6, 6.07) is 0. The second-order valence-electron chi connectivity index (χ2n) is 5.17. The molecule has 1 aliphatic carbocycles. The molecule has 1 heterocycles. The Balaban J connectivity index is 1.81. The van der Waals surface area contributed by atoms with Crippen LogP contribution >= 0.6 is 11.3 Å². The van der Waals surface area contributed by atoms with Crippen LogP contribution < -0.4 is 10.2 Å². The molecule has 5 heteroatoms. The zero-order valence-electron chi connectivity index (χ0n) is 11.8. The van der Waals surface area contributed by atoms with Gasteiger partial charge in [-0.15, -0.1) is 11.3 Å². The van der Waals surface area contributed by atoms with Crippen molar-refractivity contribution in [3.05, 3.63) is 11.1 Å². The van der Waals surface area contributed by atoms with Gasteiger partial charge in [-0.25, -0.2) is 4.98 Å². The number of anilines is 1. The van der Waals surface area contributed by atoms with Gasteiger partial charge in [0.2, 0.25) is 5.91 Å². The van der Waals surface area contributed by atoms with Gasteiger partial charge >= 0.3 is 0 Å². The first-order chi connectivity index (χ1) is 9.20. The van der Waals surface area contributed by atoms with Crippen LogP contribution in [0.4, 0.5) is 5.13 Å². The maximum atomic E-state index is 11.4. The Hall–Kier alpha value is -0.940. The van der Waals surface area contributed by atoms with Crippen LogP contribution in [-0.4, -0.2) is 24.0 Å². The largest absolute Gasteiger partial charge is 0.311 e. The molecule has 4 nitrogen and oxygen atoms in total. The second-order valence-corrected chi connectivity index (χ2v) is 6.00. The fourth-order valence-electron chi connectivity index (χ4n) is 2.61. The maximum absolute atomic E-state index is 11.4. The van der Waals surface area contributed by atoms with Gasteiger partial charge in [-0.2, -0.15) is 0 Å². The molecule has 0 aromatic carbocycles. The fourth-order valence-corrected chi connectivity index (χ4v) is 3.55. The van der Waals surface area contributed by atoms with Gasteiger partial charge in [0.25, 0.3) is 0 Å². The summed E-state index contributed by atoms with van der Waals surface area (Å²) in [4.78, 5) is 17.7. The van der Waals surface area contributed by atoms with Crippen molar-refractivity contribution >= 4 is 22.4 Å². The first-order valence-electron chi connectivity index (χ1n) is 7.14. The lowest BCUT2D eigenvalue weighted by atomic mass is 10.1. The minimum absolute atomic E-state index is 0.0577. The molecular weight excluding hydrogens is 258 g/mol. The number of aromatic nitrogens is 1. The molecule has 19 heavy (non-hydrogen) atoms. The zero-order chi connectivity index (χ0) is 13.7. The lowest BCUT2D eigenvalue weighted by Crippen LogP contribution is -2.27. The number of hydrogen-bond donors (Lipinski definition) is 1. The summed E-state index contributed by atoms with van der Waals surface area (Å²) < 4.78 is 0. The Morgan fingerprint density at radius 2 is 2.26 bits per heavy atom. The van der Waals surface area contributed by atoms with Crippen LogP contribution in [0, 0.1) is 5.92 Å². The van der Waals surface area contributed by atoms with E-state index in [-0.39, 0.29) is 5.91 Å². The van der Waals surface area contributed by atoms with E-state index in [4.69, 9.17) is 0 Å². The second kappa shape index (κ2) is 7.01. The van der Waals surface area contributed by atoms with Crippen molar-refractivity contribution in [2.24, 2.45) is 5.92 Å². The minimum atomic E-state index is 0.0577. The summed E-state index contributed by atoms with van der Waals surface area (Å²) in [5.74, 6) is 0.907. The van der Waals surface area contributed by atoms with Crippen LogP contribution in [0.2, 0.25) is 0 Å². The maximum Gasteiger partial charge on any atom is 0.225 e. The summed E-state index contributed by atoms with van der Waals surface area (Å²) in [5.41, 5.74) is 1.04. The summed E-state index contributed by atoms with van der Waals surface area (Å²) in [7, 11) is 0. The van der Waals surface area contributed by atoms with Crippen molar-refractivity contribution in [2.75, 3.05) is 18.0 Å². The molecule has 0 unspecified atom stereocenters. The number of carbonyl (C=O) groups excluding carboxylic acids is 1. The van der Waals surface area contributed by atoms with Gasteiger partial charge in [0, 0.05) is 25.4 Å². The molecule has 1 fully saturated rings. The summed E-state index contributed by atoms with van der Waals surface area (Å²) in [6.07, 6.45) is 5.50. The number of carbonyl (C=O) groups is 1. The van der Waals surface area contributed by atoms with E-state index in [0.29, 0.717) is 6.54 Å². The Morgan fingerprint density at radius 3 is 2.89 bits per heavy atom. The lowest BCUT2D eigenvalue weighted by Gasteiger charge is -2.14. The van der Waals surface area contributed by atoms with E-state index in [2.05, 4.69) is 10.3 Å². The Labute approximate surface area is 119 Å². The molecule has 1 saturated carbocycles. The van der Waals surface area contributed by atoms with Crippen molar-refractivity contribution in [2.45, 2.75) is 46.1 Å². The van der Waals surface area contributed by atoms with Crippen LogP contribution in [0.25, 0.3) is 0 Å². The summed E-state index contributed by atoms with van der Waals surface area (Å²) in [6.45, 7) is 6.14. The van der Waals surface area contributed by atoms with E-state index in [9.17, 15) is 4.79 Å². The Bertz CT molecular complexity index is 413. The van der Waals surface area contributed by atoms with Gasteiger partial charge in [-0.1, -0.05) is 12.8 Å². The van der Waals surface area contributed by atoms with Crippen molar-refractivity contribution in [3.63, 3.8) is 0 Å². The fraction of sp³-hybridized carbons (Fsp3) is 0.714. The first-order valence-corrected chi connectivity index (χ1v) is 8.02. The van der Waals surface area contributed by atoms with Crippen molar-refractivity contribution in [1.29, 1.82) is 0 Å². The highest BCUT2D eigenvalue weighted by molar-refractivity contribution is 7.14. The highest BCUT2D eigenvalue weighted by Gasteiger charge is 2.15. The van der Waals surface area contributed by atoms with Crippen LogP contribution in [0.5, 0.6) is 0 Å². The quantitative estimate of drug-likeness (QED) is 0.872. The minimum Gasteiger partial charge on any atom is -0.311 e. The third kappa shape index (κ3) is 4.01. The number of rotatable bonds is 6. The molecule has 0 radical (unpaired) electrons. The molecule has 106 valence electrons. The summed E-state index contributed by atoms with van der Waals surface area (Å²) in [5, 5.41) is 6.34. The van der Waals surface area contributed by atoms with Gasteiger partial charge in [-0.05, 0) is 32.2 Å². The Morgan fingerprint density at radius 1 is 1.53 bits per heavy atom. The smallest absolute Gasteiger partial charge is 0.225 e. The molecule has 1 aromatic rings. The van der Waals surface area contributed by atoms with Crippen LogP contribution in [0.15, 0.2) is 5.38 Å². The van der Waals surface area contributed by atoms with E-state index in [1.807, 2.05) is 12.3 Å². The predicted octanol–water partition coefficient (Wildman–Crippen LogP) is 2.80. The molecule has 1 amide bonds.